The van der Waals surface area contributed by atoms with E-state index < -0.39 is 41.9 Å². The average molecular weight is 401 g/mol. The predicted octanol–water partition coefficient (Wildman–Crippen LogP) is 1.84. The summed E-state index contributed by atoms with van der Waals surface area (Å²) in [6, 6.07) is 2.11. The molecular weight excluding hydrogens is 379 g/mol. The topological polar surface area (TPSA) is 99.5 Å². The van der Waals surface area contributed by atoms with Crippen molar-refractivity contribution < 1.29 is 32.3 Å². The minimum absolute atomic E-state index is 0.297. The molecule has 1 aliphatic carbocycles. The lowest BCUT2D eigenvalue weighted by Gasteiger charge is -2.30. The molecule has 0 aromatic heterocycles. The van der Waals surface area contributed by atoms with Crippen LogP contribution in [0.1, 0.15) is 38.5 Å². The van der Waals surface area contributed by atoms with E-state index in [1.165, 1.54) is 4.90 Å². The largest absolute Gasteiger partial charge is 0.455 e. The van der Waals surface area contributed by atoms with Crippen LogP contribution in [-0.4, -0.2) is 54.0 Å². The molecule has 2 fully saturated rings. The number of allylic oxidation sites excluding steroid dienone is 1. The number of ether oxygens (including phenoxy) is 1. The summed E-state index contributed by atoms with van der Waals surface area (Å²) in [4.78, 5) is 36.4. The van der Waals surface area contributed by atoms with E-state index in [1.54, 1.807) is 0 Å². The summed E-state index contributed by atoms with van der Waals surface area (Å²) in [5, 5.41) is 11.9. The van der Waals surface area contributed by atoms with Crippen LogP contribution >= 0.6 is 0 Å². The zero-order valence-corrected chi connectivity index (χ0v) is 15.3. The monoisotopic (exact) mass is 401 g/mol. The van der Waals surface area contributed by atoms with Gasteiger partial charge < -0.3 is 15.0 Å². The molecule has 1 saturated heterocycles. The van der Waals surface area contributed by atoms with E-state index in [1.807, 2.05) is 0 Å². The number of likely N-dealkylation sites (tertiary alicyclic amines) is 1. The highest BCUT2D eigenvalue weighted by molar-refractivity contribution is 5.94. The van der Waals surface area contributed by atoms with E-state index in [9.17, 15) is 32.8 Å². The van der Waals surface area contributed by atoms with Gasteiger partial charge in [0, 0.05) is 25.4 Å². The van der Waals surface area contributed by atoms with Crippen molar-refractivity contribution in [2.45, 2.75) is 50.2 Å². The van der Waals surface area contributed by atoms with E-state index in [0.29, 0.717) is 44.8 Å². The molecule has 1 heterocycles. The van der Waals surface area contributed by atoms with Crippen molar-refractivity contribution in [2.24, 2.45) is 5.92 Å². The summed E-state index contributed by atoms with van der Waals surface area (Å²) in [7, 11) is 0. The third-order valence-corrected chi connectivity index (χ3v) is 4.97. The van der Waals surface area contributed by atoms with E-state index >= 15 is 0 Å². The van der Waals surface area contributed by atoms with Crippen molar-refractivity contribution in [1.82, 2.24) is 10.2 Å². The van der Waals surface area contributed by atoms with Gasteiger partial charge in [-0.2, -0.15) is 18.4 Å². The van der Waals surface area contributed by atoms with Gasteiger partial charge in [0.05, 0.1) is 12.0 Å². The van der Waals surface area contributed by atoms with Crippen molar-refractivity contribution in [3.05, 3.63) is 12.3 Å². The smallest absolute Gasteiger partial charge is 0.454 e. The lowest BCUT2D eigenvalue weighted by atomic mass is 9.97. The van der Waals surface area contributed by atoms with Crippen LogP contribution in [-0.2, 0) is 19.1 Å². The number of carbonyl (C=O) groups excluding carboxylic acids is 3. The number of piperidine rings is 1. The number of nitrogens with zero attached hydrogens (tertiary/aromatic N) is 2. The minimum Gasteiger partial charge on any atom is -0.455 e. The summed E-state index contributed by atoms with van der Waals surface area (Å²) < 4.78 is 41.5. The average Bonchev–Trinajstić information content (AvgIpc) is 3.12. The van der Waals surface area contributed by atoms with E-state index in [4.69, 9.17) is 4.74 Å². The molecule has 10 heteroatoms. The molecular formula is C18H22F3N3O4. The van der Waals surface area contributed by atoms with Crippen LogP contribution in [0.5, 0.6) is 0 Å². The Labute approximate surface area is 160 Å². The fourth-order valence-corrected chi connectivity index (χ4v) is 3.35. The Kier molecular flexibility index (Phi) is 7.05. The van der Waals surface area contributed by atoms with Crippen LogP contribution in [0.4, 0.5) is 13.2 Å². The number of carbonyl (C=O) groups is 3. The number of halogens is 3. The SMILES string of the molecule is N#CC1(NC(=O)COC(=O)C2CCN(C=CC(=O)C(F)(F)F)CC2)CCCC1. The lowest BCUT2D eigenvalue weighted by molar-refractivity contribution is -0.165. The molecule has 2 aliphatic rings. The summed E-state index contributed by atoms with van der Waals surface area (Å²) in [5.74, 6) is -3.48. The van der Waals surface area contributed by atoms with Crippen molar-refractivity contribution in [3.63, 3.8) is 0 Å². The Morgan fingerprint density at radius 2 is 1.82 bits per heavy atom. The van der Waals surface area contributed by atoms with Gasteiger partial charge in [0.15, 0.2) is 6.61 Å². The lowest BCUT2D eigenvalue weighted by Crippen LogP contribution is -2.47. The third kappa shape index (κ3) is 5.97. The van der Waals surface area contributed by atoms with Gasteiger partial charge in [-0.3, -0.25) is 14.4 Å². The fourth-order valence-electron chi connectivity index (χ4n) is 3.35. The Morgan fingerprint density at radius 3 is 2.36 bits per heavy atom. The van der Waals surface area contributed by atoms with Gasteiger partial charge in [0.1, 0.15) is 5.54 Å². The molecule has 0 aromatic carbocycles. The van der Waals surface area contributed by atoms with Crippen LogP contribution in [0, 0.1) is 17.2 Å². The Bertz CT molecular complexity index is 671. The first-order valence-electron chi connectivity index (χ1n) is 9.07. The molecule has 0 unspecified atom stereocenters. The number of hydrogen-bond acceptors (Lipinski definition) is 6. The zero-order valence-electron chi connectivity index (χ0n) is 15.3. The Morgan fingerprint density at radius 1 is 1.21 bits per heavy atom. The van der Waals surface area contributed by atoms with Crippen molar-refractivity contribution in [2.75, 3.05) is 19.7 Å². The number of nitriles is 1. The number of amides is 1. The Balaban J connectivity index is 1.72. The first-order valence-corrected chi connectivity index (χ1v) is 9.07. The highest BCUT2D eigenvalue weighted by atomic mass is 19.4. The highest BCUT2D eigenvalue weighted by Crippen LogP contribution is 2.28. The van der Waals surface area contributed by atoms with Crippen LogP contribution in [0.15, 0.2) is 12.3 Å². The molecule has 1 saturated carbocycles. The van der Waals surface area contributed by atoms with Crippen LogP contribution < -0.4 is 5.32 Å². The predicted molar refractivity (Wildman–Crippen MR) is 90.4 cm³/mol. The summed E-state index contributed by atoms with van der Waals surface area (Å²) >= 11 is 0. The van der Waals surface area contributed by atoms with Crippen molar-refractivity contribution in [1.29, 1.82) is 5.26 Å². The quantitative estimate of drug-likeness (QED) is 0.539. The first-order chi connectivity index (χ1) is 13.1. The maximum Gasteiger partial charge on any atom is 0.454 e. The third-order valence-electron chi connectivity index (χ3n) is 4.97. The normalized spacial score (nSPS) is 20.0. The molecule has 1 amide bonds. The number of esters is 1. The summed E-state index contributed by atoms with van der Waals surface area (Å²) in [6.45, 7) is 0.124. The van der Waals surface area contributed by atoms with Gasteiger partial charge in [-0.1, -0.05) is 0 Å². The molecule has 7 nitrogen and oxygen atoms in total. The molecule has 1 N–H and O–H groups in total. The second kappa shape index (κ2) is 9.08. The van der Waals surface area contributed by atoms with Gasteiger partial charge in [-0.15, -0.1) is 0 Å². The number of nitrogens with one attached hydrogen (secondary N) is 1. The van der Waals surface area contributed by atoms with Gasteiger partial charge >= 0.3 is 12.1 Å². The molecule has 2 rings (SSSR count). The van der Waals surface area contributed by atoms with Crippen molar-refractivity contribution >= 4 is 17.7 Å². The number of alkyl halides is 3. The maximum atomic E-state index is 12.2. The van der Waals surface area contributed by atoms with Gasteiger partial charge in [0.2, 0.25) is 0 Å². The first kappa shape index (κ1) is 21.7. The molecule has 0 aromatic rings. The van der Waals surface area contributed by atoms with Crippen LogP contribution in [0.3, 0.4) is 0 Å². The number of ketones is 1. The summed E-state index contributed by atoms with van der Waals surface area (Å²) in [5.41, 5.74) is -0.880. The fraction of sp³-hybridized carbons (Fsp3) is 0.667. The number of rotatable bonds is 6. The molecule has 154 valence electrons. The van der Waals surface area contributed by atoms with Gasteiger partial charge in [-0.05, 0) is 38.5 Å². The second-order valence-electron chi connectivity index (χ2n) is 7.04. The molecule has 0 bridgehead atoms. The minimum atomic E-state index is -4.90. The van der Waals surface area contributed by atoms with Crippen LogP contribution in [0.2, 0.25) is 0 Å². The van der Waals surface area contributed by atoms with E-state index in [0.717, 1.165) is 19.0 Å². The van der Waals surface area contributed by atoms with Crippen molar-refractivity contribution in [3.8, 4) is 6.07 Å². The summed E-state index contributed by atoms with van der Waals surface area (Å²) in [6.07, 6.45) is 0.190. The van der Waals surface area contributed by atoms with E-state index in [2.05, 4.69) is 11.4 Å². The second-order valence-corrected chi connectivity index (χ2v) is 7.04. The molecule has 0 atom stereocenters. The Hall–Kier alpha value is -2.57. The molecule has 0 radical (unpaired) electrons. The van der Waals surface area contributed by atoms with Gasteiger partial charge in [0.25, 0.3) is 11.7 Å². The molecule has 28 heavy (non-hydrogen) atoms. The molecule has 1 aliphatic heterocycles. The standard InChI is InChI=1S/C18H22F3N3O4/c19-18(20,21)14(25)5-10-24-8-3-13(4-9-24)16(27)28-11-15(26)23-17(12-22)6-1-2-7-17/h5,10,13H,1-4,6-9,11H2,(H,23,26). The highest BCUT2D eigenvalue weighted by Gasteiger charge is 2.37. The zero-order chi connectivity index (χ0) is 20.8. The molecule has 0 spiro atoms. The van der Waals surface area contributed by atoms with Gasteiger partial charge in [-0.25, -0.2) is 0 Å². The van der Waals surface area contributed by atoms with E-state index in [-0.39, 0.29) is 0 Å². The maximum absolute atomic E-state index is 12.2. The van der Waals surface area contributed by atoms with Crippen LogP contribution in [0.25, 0.3) is 0 Å². The number of hydrogen-bond donors (Lipinski definition) is 1.